The minimum absolute atomic E-state index is 0.0634. The van der Waals surface area contributed by atoms with E-state index in [-0.39, 0.29) is 17.8 Å². The average molecular weight is 751 g/mol. The molecular weight excluding hydrogens is 697 g/mol. The molecule has 4 heterocycles. The first-order chi connectivity index (χ1) is 26.7. The zero-order valence-electron chi connectivity index (χ0n) is 31.4. The third-order valence-corrected chi connectivity index (χ3v) is 12.1. The van der Waals surface area contributed by atoms with E-state index in [1.165, 1.54) is 0 Å². The normalized spacial score (nSPS) is 21.6. The molecule has 6 unspecified atom stereocenters. The molecule has 12 heteroatoms. The Morgan fingerprint density at radius 3 is 1.53 bits per heavy atom. The number of aromatic amines is 1. The number of nitrogens with zero attached hydrogens (tertiary/aromatic N) is 2. The first-order valence-corrected chi connectivity index (χ1v) is 19.8. The summed E-state index contributed by atoms with van der Waals surface area (Å²) in [6.45, 7) is 6.42. The van der Waals surface area contributed by atoms with Crippen LogP contribution >= 0.6 is 0 Å². The maximum atomic E-state index is 12.3. The topological polar surface area (TPSA) is 180 Å². The maximum Gasteiger partial charge on any atom is 0.307 e. The highest BCUT2D eigenvalue weighted by molar-refractivity contribution is 5.79. The lowest BCUT2D eigenvalue weighted by Crippen LogP contribution is -2.28. The molecule has 7 rings (SSSR count). The molecule has 4 aromatic rings. The van der Waals surface area contributed by atoms with Crippen molar-refractivity contribution in [2.45, 2.75) is 58.2 Å². The van der Waals surface area contributed by atoms with Gasteiger partial charge in [-0.1, -0.05) is 60.7 Å². The smallest absolute Gasteiger partial charge is 0.307 e. The van der Waals surface area contributed by atoms with Gasteiger partial charge in [0.1, 0.15) is 5.82 Å². The molecule has 6 atom stereocenters. The van der Waals surface area contributed by atoms with Gasteiger partial charge in [-0.2, -0.15) is 0 Å². The molecule has 292 valence electrons. The van der Waals surface area contributed by atoms with Crippen LogP contribution in [-0.2, 0) is 53.3 Å². The molecule has 0 saturated carbocycles. The number of nitrogens with one attached hydrogen (secondary N) is 4. The minimum Gasteiger partial charge on any atom is -0.481 e. The van der Waals surface area contributed by atoms with Crippen LogP contribution in [0.1, 0.15) is 52.9 Å². The minimum atomic E-state index is -0.797. The number of imidazole rings is 1. The number of fused-ring (bicyclic) bond motifs is 1. The zero-order chi connectivity index (χ0) is 38.3. The number of benzene rings is 3. The lowest BCUT2D eigenvalue weighted by atomic mass is 9.86. The number of hydrogen-bond donors (Lipinski definition) is 7. The number of carbonyl (C=O) groups is 3. The van der Waals surface area contributed by atoms with Crippen molar-refractivity contribution in [3.63, 3.8) is 0 Å². The molecular formula is C43H54N6O6. The van der Waals surface area contributed by atoms with Crippen molar-refractivity contribution < 1.29 is 29.7 Å². The Bertz CT molecular complexity index is 1870. The van der Waals surface area contributed by atoms with E-state index in [1.807, 2.05) is 36.4 Å². The van der Waals surface area contributed by atoms with Gasteiger partial charge in [0.15, 0.2) is 0 Å². The zero-order valence-corrected chi connectivity index (χ0v) is 31.4. The number of aliphatic carboxylic acids is 3. The molecule has 12 nitrogen and oxygen atoms in total. The summed E-state index contributed by atoms with van der Waals surface area (Å²) < 4.78 is 0. The van der Waals surface area contributed by atoms with Crippen LogP contribution < -0.4 is 16.0 Å². The molecule has 55 heavy (non-hydrogen) atoms. The lowest BCUT2D eigenvalue weighted by molar-refractivity contribution is -0.144. The quantitative estimate of drug-likeness (QED) is 0.0770. The molecule has 3 saturated heterocycles. The van der Waals surface area contributed by atoms with Crippen molar-refractivity contribution in [3.05, 3.63) is 100 Å². The Balaban J connectivity index is 1.15. The fraction of sp³-hybridized carbons (Fsp3) is 0.488. The Hall–Kier alpha value is -4.62. The van der Waals surface area contributed by atoms with Crippen LogP contribution in [0, 0.1) is 35.5 Å². The van der Waals surface area contributed by atoms with Gasteiger partial charge in [0, 0.05) is 26.1 Å². The number of carboxylic acids is 3. The molecule has 0 bridgehead atoms. The summed E-state index contributed by atoms with van der Waals surface area (Å²) in [5.41, 5.74) is 6.86. The summed E-state index contributed by atoms with van der Waals surface area (Å²) in [5, 5.41) is 40.2. The third kappa shape index (κ3) is 9.80. The fourth-order valence-electron chi connectivity index (χ4n) is 9.15. The number of aromatic nitrogens is 2. The lowest BCUT2D eigenvalue weighted by Gasteiger charge is -2.24. The third-order valence-electron chi connectivity index (χ3n) is 12.1. The van der Waals surface area contributed by atoms with Gasteiger partial charge in [0.2, 0.25) is 0 Å². The summed E-state index contributed by atoms with van der Waals surface area (Å²) in [6, 6.07) is 22.6. The summed E-state index contributed by atoms with van der Waals surface area (Å²) >= 11 is 0. The van der Waals surface area contributed by atoms with Gasteiger partial charge in [0.25, 0.3) is 0 Å². The van der Waals surface area contributed by atoms with E-state index < -0.39 is 35.7 Å². The van der Waals surface area contributed by atoms with Crippen LogP contribution in [0.15, 0.2) is 66.7 Å². The number of rotatable bonds is 18. The highest BCUT2D eigenvalue weighted by Gasteiger charge is 2.33. The Morgan fingerprint density at radius 2 is 1.07 bits per heavy atom. The van der Waals surface area contributed by atoms with E-state index in [9.17, 15) is 29.7 Å². The molecule has 0 amide bonds. The van der Waals surface area contributed by atoms with Crippen LogP contribution in [-0.4, -0.2) is 87.4 Å². The first-order valence-electron chi connectivity index (χ1n) is 19.8. The molecule has 0 radical (unpaired) electrons. The maximum absolute atomic E-state index is 12.3. The van der Waals surface area contributed by atoms with E-state index in [0.717, 1.165) is 90.8 Å². The van der Waals surface area contributed by atoms with Crippen molar-refractivity contribution in [2.75, 3.05) is 39.3 Å². The summed E-state index contributed by atoms with van der Waals surface area (Å²) in [5.74, 6) is -2.77. The van der Waals surface area contributed by atoms with Crippen LogP contribution in [0.5, 0.6) is 0 Å². The van der Waals surface area contributed by atoms with E-state index in [4.69, 9.17) is 4.98 Å². The SMILES string of the molecule is O=C(O)C(Cc1cccc(CN(Cc2cccc(CC(C(=O)O)C3CCNC3)c2)Cc2cccc3[nH]c(CC(C(=O)O)C4CCNC4)nc23)c1)C1CCNC1. The predicted octanol–water partition coefficient (Wildman–Crippen LogP) is 4.32. The molecule has 1 aromatic heterocycles. The van der Waals surface area contributed by atoms with Crippen LogP contribution in [0.4, 0.5) is 0 Å². The van der Waals surface area contributed by atoms with Crippen molar-refractivity contribution in [3.8, 4) is 0 Å². The molecule has 0 spiro atoms. The number of carboxylic acid groups (broad SMARTS) is 3. The van der Waals surface area contributed by atoms with Gasteiger partial charge < -0.3 is 36.3 Å². The predicted molar refractivity (Wildman–Crippen MR) is 209 cm³/mol. The van der Waals surface area contributed by atoms with Crippen molar-refractivity contribution >= 4 is 28.9 Å². The molecule has 3 aromatic carbocycles. The van der Waals surface area contributed by atoms with E-state index in [0.29, 0.717) is 51.3 Å². The highest BCUT2D eigenvalue weighted by Crippen LogP contribution is 2.29. The van der Waals surface area contributed by atoms with Gasteiger partial charge in [-0.25, -0.2) is 4.98 Å². The monoisotopic (exact) mass is 750 g/mol. The summed E-state index contributed by atoms with van der Waals surface area (Å²) in [7, 11) is 0. The van der Waals surface area contributed by atoms with Gasteiger partial charge >= 0.3 is 17.9 Å². The van der Waals surface area contributed by atoms with E-state index >= 15 is 0 Å². The fourth-order valence-corrected chi connectivity index (χ4v) is 9.15. The van der Waals surface area contributed by atoms with Crippen LogP contribution in [0.3, 0.4) is 0 Å². The van der Waals surface area contributed by atoms with E-state index in [1.54, 1.807) is 0 Å². The molecule has 0 aliphatic carbocycles. The van der Waals surface area contributed by atoms with Gasteiger partial charge in [-0.15, -0.1) is 0 Å². The summed E-state index contributed by atoms with van der Waals surface area (Å²) in [4.78, 5) is 47.7. The first kappa shape index (κ1) is 38.6. The second-order valence-electron chi connectivity index (χ2n) is 16.0. The Morgan fingerprint density at radius 1 is 0.618 bits per heavy atom. The van der Waals surface area contributed by atoms with E-state index in [2.05, 4.69) is 56.2 Å². The van der Waals surface area contributed by atoms with Crippen LogP contribution in [0.25, 0.3) is 11.0 Å². The van der Waals surface area contributed by atoms with Gasteiger partial charge in [-0.05, 0) is 123 Å². The second kappa shape index (κ2) is 17.9. The average Bonchev–Trinajstić information content (AvgIpc) is 4.01. The van der Waals surface area contributed by atoms with Crippen molar-refractivity contribution in [1.29, 1.82) is 0 Å². The van der Waals surface area contributed by atoms with Gasteiger partial charge in [-0.3, -0.25) is 19.3 Å². The molecule has 3 aliphatic rings. The van der Waals surface area contributed by atoms with Crippen molar-refractivity contribution in [2.24, 2.45) is 35.5 Å². The van der Waals surface area contributed by atoms with Gasteiger partial charge in [0.05, 0.1) is 28.8 Å². The molecule has 3 fully saturated rings. The summed E-state index contributed by atoms with van der Waals surface area (Å²) in [6.07, 6.45) is 3.85. The van der Waals surface area contributed by atoms with Crippen molar-refractivity contribution in [1.82, 2.24) is 30.8 Å². The molecule has 3 aliphatic heterocycles. The number of H-pyrrole nitrogens is 1. The Kier molecular flexibility index (Phi) is 12.6. The number of hydrogen-bond acceptors (Lipinski definition) is 8. The number of para-hydroxylation sites is 1. The Labute approximate surface area is 322 Å². The van der Waals surface area contributed by atoms with Crippen LogP contribution in [0.2, 0.25) is 0 Å². The largest absolute Gasteiger partial charge is 0.481 e. The molecule has 7 N–H and O–H groups in total. The second-order valence-corrected chi connectivity index (χ2v) is 16.0. The standard InChI is InChI=1S/C43H54N6O6/c50-41(51)35(31-10-13-44-21-31)18-27-4-1-6-29(16-27)24-49(25-30-7-2-5-28(17-30)19-36(42(52)53)32-11-14-45-22-32)26-34-8-3-9-38-40(34)48-39(47-38)20-37(43(54)55)33-12-15-46-23-33/h1-9,16-17,31-33,35-37,44-46H,10-15,18-26H2,(H,47,48)(H,50,51)(H,52,53)(H,54,55). The highest BCUT2D eigenvalue weighted by atomic mass is 16.4.